The molecule has 1 saturated carbocycles. The fourth-order valence-corrected chi connectivity index (χ4v) is 4.35. The Kier molecular flexibility index (Phi) is 3.91. The minimum atomic E-state index is -0.366. The van der Waals surface area contributed by atoms with E-state index in [4.69, 9.17) is 4.74 Å². The van der Waals surface area contributed by atoms with Gasteiger partial charge in [-0.25, -0.2) is 4.79 Å². The lowest BCUT2D eigenvalue weighted by Gasteiger charge is -2.40. The van der Waals surface area contributed by atoms with E-state index in [2.05, 4.69) is 13.2 Å². The average molecular weight is 312 g/mol. The maximum atomic E-state index is 12.8. The van der Waals surface area contributed by atoms with Crippen molar-refractivity contribution in [2.24, 2.45) is 23.7 Å². The molecule has 3 nitrogen and oxygen atoms in total. The molecule has 3 heteroatoms. The van der Waals surface area contributed by atoms with Crippen LogP contribution in [0.2, 0.25) is 0 Å². The van der Waals surface area contributed by atoms with E-state index in [1.165, 1.54) is 0 Å². The van der Waals surface area contributed by atoms with Gasteiger partial charge in [-0.2, -0.15) is 0 Å². The molecule has 2 aliphatic carbocycles. The van der Waals surface area contributed by atoms with E-state index in [1.54, 1.807) is 0 Å². The second-order valence-corrected chi connectivity index (χ2v) is 7.23. The summed E-state index contributed by atoms with van der Waals surface area (Å²) in [6.45, 7) is 14.1. The molecule has 0 spiro atoms. The molecule has 0 aromatic carbocycles. The summed E-state index contributed by atoms with van der Waals surface area (Å²) >= 11 is 0. The molecule has 122 valence electrons. The summed E-state index contributed by atoms with van der Waals surface area (Å²) in [6.07, 6.45) is 4.35. The number of rotatable bonds is 1. The van der Waals surface area contributed by atoms with Gasteiger partial charge in [-0.3, -0.25) is 4.79 Å². The van der Waals surface area contributed by atoms with E-state index in [1.807, 2.05) is 26.8 Å². The van der Waals surface area contributed by atoms with Crippen LogP contribution >= 0.6 is 0 Å². The fourth-order valence-electron chi connectivity index (χ4n) is 4.35. The first kappa shape index (κ1) is 16.0. The molecule has 23 heavy (non-hydrogen) atoms. The van der Waals surface area contributed by atoms with Crippen LogP contribution in [0.5, 0.6) is 0 Å². The topological polar surface area (TPSA) is 43.4 Å². The standard InChI is InChI=1S/C20H24O3/c1-10(2)14-7-6-11(3)17-15(14)9-13(5)23-20(22)16-8-12(4)19(21)18(16)17/h9,12,14-15,17H,1,3,6-8H2,2,4-5H3/b13-9-/t12-,14-,15-,17-/m0/s1. The number of ether oxygens (including phenoxy) is 1. The second-order valence-electron chi connectivity index (χ2n) is 7.23. The van der Waals surface area contributed by atoms with E-state index < -0.39 is 0 Å². The summed E-state index contributed by atoms with van der Waals surface area (Å²) in [5, 5.41) is 0. The van der Waals surface area contributed by atoms with Crippen LogP contribution in [0.3, 0.4) is 0 Å². The number of ketones is 1. The maximum absolute atomic E-state index is 12.8. The number of carbonyl (C=O) groups excluding carboxylic acids is 2. The van der Waals surface area contributed by atoms with Gasteiger partial charge in [0, 0.05) is 23.0 Å². The third-order valence-corrected chi connectivity index (χ3v) is 5.49. The highest BCUT2D eigenvalue weighted by Gasteiger charge is 2.46. The van der Waals surface area contributed by atoms with E-state index >= 15 is 0 Å². The van der Waals surface area contributed by atoms with Crippen molar-refractivity contribution in [2.75, 3.05) is 0 Å². The van der Waals surface area contributed by atoms with Crippen LogP contribution in [0.1, 0.15) is 40.0 Å². The van der Waals surface area contributed by atoms with Crippen LogP contribution in [-0.2, 0) is 14.3 Å². The number of allylic oxidation sites excluding steroid dienone is 5. The molecule has 1 heterocycles. The molecular weight excluding hydrogens is 288 g/mol. The fraction of sp³-hybridized carbons (Fsp3) is 0.500. The first-order valence-corrected chi connectivity index (χ1v) is 8.32. The van der Waals surface area contributed by atoms with E-state index in [0.29, 0.717) is 23.3 Å². The van der Waals surface area contributed by atoms with Crippen LogP contribution < -0.4 is 0 Å². The molecule has 0 saturated heterocycles. The minimum Gasteiger partial charge on any atom is -0.428 e. The second kappa shape index (κ2) is 5.63. The van der Waals surface area contributed by atoms with Gasteiger partial charge in [-0.05, 0) is 51.0 Å². The van der Waals surface area contributed by atoms with Crippen LogP contribution in [0.4, 0.5) is 0 Å². The van der Waals surface area contributed by atoms with Crippen LogP contribution in [-0.4, -0.2) is 11.8 Å². The first-order valence-electron chi connectivity index (χ1n) is 8.32. The highest BCUT2D eigenvalue weighted by Crippen LogP contribution is 2.50. The van der Waals surface area contributed by atoms with Crippen molar-refractivity contribution >= 4 is 11.8 Å². The zero-order valence-corrected chi connectivity index (χ0v) is 14.1. The first-order chi connectivity index (χ1) is 10.8. The Labute approximate surface area is 137 Å². The molecule has 3 aliphatic rings. The number of Topliss-reactive ketones (excluding diaryl/α,β-unsaturated/α-hetero) is 1. The Bertz CT molecular complexity index is 677. The summed E-state index contributed by atoms with van der Waals surface area (Å²) in [6, 6.07) is 0. The molecule has 0 amide bonds. The van der Waals surface area contributed by atoms with Gasteiger partial charge in [-0.15, -0.1) is 0 Å². The predicted molar refractivity (Wildman–Crippen MR) is 89.3 cm³/mol. The summed E-state index contributed by atoms with van der Waals surface area (Å²) < 4.78 is 5.47. The number of esters is 1. The number of cyclic esters (lactones) is 1. The van der Waals surface area contributed by atoms with Crippen LogP contribution in [0.15, 0.2) is 47.3 Å². The van der Waals surface area contributed by atoms with Gasteiger partial charge in [0.2, 0.25) is 0 Å². The van der Waals surface area contributed by atoms with Gasteiger partial charge >= 0.3 is 5.97 Å². The lowest BCUT2D eigenvalue weighted by atomic mass is 9.64. The molecule has 0 unspecified atom stereocenters. The monoisotopic (exact) mass is 312 g/mol. The van der Waals surface area contributed by atoms with E-state index in [0.717, 1.165) is 24.0 Å². The largest absolute Gasteiger partial charge is 0.428 e. The van der Waals surface area contributed by atoms with Gasteiger partial charge in [0.25, 0.3) is 0 Å². The lowest BCUT2D eigenvalue weighted by molar-refractivity contribution is -0.135. The molecule has 0 aromatic heterocycles. The van der Waals surface area contributed by atoms with Crippen molar-refractivity contribution in [3.63, 3.8) is 0 Å². The summed E-state index contributed by atoms with van der Waals surface area (Å²) in [5.41, 5.74) is 3.39. The van der Waals surface area contributed by atoms with Gasteiger partial charge < -0.3 is 4.74 Å². The van der Waals surface area contributed by atoms with Crippen LogP contribution in [0.25, 0.3) is 0 Å². The summed E-state index contributed by atoms with van der Waals surface area (Å²) in [7, 11) is 0. The number of carbonyl (C=O) groups is 2. The van der Waals surface area contributed by atoms with Crippen molar-refractivity contribution < 1.29 is 14.3 Å². The van der Waals surface area contributed by atoms with Crippen molar-refractivity contribution in [2.45, 2.75) is 40.0 Å². The van der Waals surface area contributed by atoms with Crippen molar-refractivity contribution in [1.82, 2.24) is 0 Å². The van der Waals surface area contributed by atoms with Crippen molar-refractivity contribution in [3.05, 3.63) is 47.3 Å². The third-order valence-electron chi connectivity index (χ3n) is 5.49. The molecule has 0 N–H and O–H groups in total. The molecule has 3 rings (SSSR count). The highest BCUT2D eigenvalue weighted by molar-refractivity contribution is 6.09. The third kappa shape index (κ3) is 2.52. The Morgan fingerprint density at radius 1 is 1.35 bits per heavy atom. The smallest absolute Gasteiger partial charge is 0.339 e. The van der Waals surface area contributed by atoms with Gasteiger partial charge in [0.1, 0.15) is 5.76 Å². The molecule has 4 atom stereocenters. The van der Waals surface area contributed by atoms with E-state index in [9.17, 15) is 9.59 Å². The maximum Gasteiger partial charge on any atom is 0.339 e. The molecule has 1 fully saturated rings. The Hall–Kier alpha value is -1.90. The summed E-state index contributed by atoms with van der Waals surface area (Å²) in [4.78, 5) is 25.2. The zero-order valence-electron chi connectivity index (χ0n) is 14.1. The van der Waals surface area contributed by atoms with Gasteiger partial charge in [0.05, 0.1) is 0 Å². The zero-order chi connectivity index (χ0) is 16.9. The molecule has 0 aromatic rings. The SMILES string of the molecule is C=C1CC[C@@H](C(=C)C)[C@@H]2/C=C(/C)OC(=O)C3=C(C(=O)[C@@H](C)C3)[C@@H]12. The Morgan fingerprint density at radius 3 is 2.70 bits per heavy atom. The average Bonchev–Trinajstić information content (AvgIpc) is 2.74. The quantitative estimate of drug-likeness (QED) is 0.540. The van der Waals surface area contributed by atoms with Gasteiger partial charge in [-0.1, -0.05) is 31.2 Å². The highest BCUT2D eigenvalue weighted by atomic mass is 16.5. The molecule has 0 radical (unpaired) electrons. The number of hydrogen-bond acceptors (Lipinski definition) is 3. The number of hydrogen-bond donors (Lipinski definition) is 0. The van der Waals surface area contributed by atoms with Crippen LogP contribution in [0, 0.1) is 23.7 Å². The normalized spacial score (nSPS) is 36.5. The number of fused-ring (bicyclic) bond motifs is 2. The lowest BCUT2D eigenvalue weighted by Crippen LogP contribution is -2.34. The van der Waals surface area contributed by atoms with Gasteiger partial charge in [0.15, 0.2) is 5.78 Å². The molecule has 0 bridgehead atoms. The minimum absolute atomic E-state index is 0.0827. The van der Waals surface area contributed by atoms with Crippen molar-refractivity contribution in [1.29, 1.82) is 0 Å². The molecule has 1 aliphatic heterocycles. The van der Waals surface area contributed by atoms with Crippen molar-refractivity contribution in [3.8, 4) is 0 Å². The Balaban J connectivity index is 2.17. The Morgan fingerprint density at radius 2 is 2.04 bits per heavy atom. The summed E-state index contributed by atoms with van der Waals surface area (Å²) in [5.74, 6) is 0.490. The van der Waals surface area contributed by atoms with E-state index in [-0.39, 0.29) is 35.4 Å². The molecular formula is C20H24O3. The predicted octanol–water partition coefficient (Wildman–Crippen LogP) is 4.13.